The molecule has 2 aromatic carbocycles. The number of aromatic nitrogens is 1. The number of carbonyl (C=O) groups excluding carboxylic acids is 1. The molecular weight excluding hydrogens is 410 g/mol. The van der Waals surface area contributed by atoms with Crippen LogP contribution in [0, 0.1) is 0 Å². The molecule has 1 aliphatic rings. The lowest BCUT2D eigenvalue weighted by atomic mass is 9.92. The molecule has 1 aromatic heterocycles. The van der Waals surface area contributed by atoms with Gasteiger partial charge in [0.1, 0.15) is 0 Å². The minimum atomic E-state index is -1.01. The van der Waals surface area contributed by atoms with Gasteiger partial charge in [-0.15, -0.1) is 0 Å². The second-order valence-electron chi connectivity index (χ2n) is 8.19. The van der Waals surface area contributed by atoms with Crippen molar-refractivity contribution < 1.29 is 13.7 Å². The number of carbonyl (C=O) groups is 1. The highest BCUT2D eigenvalue weighted by Crippen LogP contribution is 2.44. The molecule has 1 aliphatic carbocycles. The molecule has 164 valence electrons. The van der Waals surface area contributed by atoms with Crippen LogP contribution in [-0.2, 0) is 15.5 Å². The van der Waals surface area contributed by atoms with Gasteiger partial charge in [-0.25, -0.2) is 4.79 Å². The molecule has 0 aliphatic heterocycles. The fourth-order valence-electron chi connectivity index (χ4n) is 4.02. The number of hydrogen-bond acceptors (Lipinski definition) is 4. The van der Waals surface area contributed by atoms with E-state index in [1.807, 2.05) is 63.2 Å². The number of nitrogens with zero attached hydrogens (tertiary/aromatic N) is 1. The third-order valence-electron chi connectivity index (χ3n) is 5.73. The fraction of sp³-hybridized carbons (Fsp3) is 0.375. The van der Waals surface area contributed by atoms with E-state index < -0.39 is 16.9 Å². The molecule has 0 radical (unpaired) electrons. The van der Waals surface area contributed by atoms with Crippen LogP contribution in [0.5, 0.6) is 0 Å². The van der Waals surface area contributed by atoms with Crippen LogP contribution in [0.15, 0.2) is 47.4 Å². The van der Waals surface area contributed by atoms with Crippen molar-refractivity contribution in [3.05, 3.63) is 42.5 Å². The number of nitrogens with two attached hydrogens (primary N) is 1. The van der Waals surface area contributed by atoms with Gasteiger partial charge in [-0.05, 0) is 63.4 Å². The molecule has 1 saturated carbocycles. The second kappa shape index (κ2) is 8.75. The lowest BCUT2D eigenvalue weighted by Gasteiger charge is -2.30. The summed E-state index contributed by atoms with van der Waals surface area (Å²) in [6.07, 6.45) is 2.77. The number of hydrogen-bond donors (Lipinski definition) is 2. The van der Waals surface area contributed by atoms with E-state index in [-0.39, 0.29) is 6.10 Å². The number of ether oxygens (including phenoxy) is 1. The number of rotatable bonds is 6. The quantitative estimate of drug-likeness (QED) is 0.516. The molecule has 1 heterocycles. The monoisotopic (exact) mass is 439 g/mol. The summed E-state index contributed by atoms with van der Waals surface area (Å²) in [5.41, 5.74) is 11.0. The second-order valence-corrected chi connectivity index (χ2v) is 9.93. The van der Waals surface area contributed by atoms with Crippen LogP contribution in [0.1, 0.15) is 46.1 Å². The minimum absolute atomic E-state index is 0.177. The molecule has 3 aromatic rings. The Kier molecular flexibility index (Phi) is 6.05. The lowest BCUT2D eigenvalue weighted by molar-refractivity contribution is 0.130. The number of fused-ring (bicyclic) bond motifs is 1. The van der Waals surface area contributed by atoms with E-state index in [1.165, 1.54) is 6.42 Å². The predicted molar refractivity (Wildman–Crippen MR) is 127 cm³/mol. The molecule has 31 heavy (non-hydrogen) atoms. The Balaban J connectivity index is 1.75. The third-order valence-corrected chi connectivity index (χ3v) is 7.03. The SMILES string of the molecule is CCS(=O)c1ccc2c(N)c(-c3ccc(NC(=O)OC(C)C)cc3)n(C3CCC3)c2c1. The Morgan fingerprint density at radius 3 is 2.52 bits per heavy atom. The zero-order valence-corrected chi connectivity index (χ0v) is 19.0. The van der Waals surface area contributed by atoms with Gasteiger partial charge in [0, 0.05) is 33.3 Å². The third kappa shape index (κ3) is 4.19. The van der Waals surface area contributed by atoms with E-state index in [0.29, 0.717) is 17.5 Å². The average molecular weight is 440 g/mol. The molecule has 0 spiro atoms. The Morgan fingerprint density at radius 1 is 1.23 bits per heavy atom. The van der Waals surface area contributed by atoms with Gasteiger partial charge in [0.2, 0.25) is 0 Å². The van der Waals surface area contributed by atoms with Gasteiger partial charge < -0.3 is 15.0 Å². The van der Waals surface area contributed by atoms with Crippen LogP contribution < -0.4 is 11.1 Å². The van der Waals surface area contributed by atoms with E-state index >= 15 is 0 Å². The van der Waals surface area contributed by atoms with Crippen LogP contribution in [0.25, 0.3) is 22.2 Å². The predicted octanol–water partition coefficient (Wildman–Crippen LogP) is 5.70. The van der Waals surface area contributed by atoms with E-state index in [2.05, 4.69) is 9.88 Å². The van der Waals surface area contributed by atoms with Crippen molar-refractivity contribution in [3.63, 3.8) is 0 Å². The summed E-state index contributed by atoms with van der Waals surface area (Å²) in [6.45, 7) is 5.55. The summed E-state index contributed by atoms with van der Waals surface area (Å²) in [5.74, 6) is 0.589. The largest absolute Gasteiger partial charge is 0.447 e. The van der Waals surface area contributed by atoms with Crippen molar-refractivity contribution in [2.24, 2.45) is 0 Å². The minimum Gasteiger partial charge on any atom is -0.447 e. The highest BCUT2D eigenvalue weighted by molar-refractivity contribution is 7.85. The molecule has 1 fully saturated rings. The first-order valence-corrected chi connectivity index (χ1v) is 12.1. The molecule has 4 rings (SSSR count). The van der Waals surface area contributed by atoms with E-state index in [9.17, 15) is 9.00 Å². The van der Waals surface area contributed by atoms with Crippen molar-refractivity contribution in [2.75, 3.05) is 16.8 Å². The van der Waals surface area contributed by atoms with Gasteiger partial charge in [0.05, 0.1) is 33.8 Å². The number of anilines is 2. The Labute approximate surface area is 185 Å². The normalized spacial score (nSPS) is 15.1. The summed E-state index contributed by atoms with van der Waals surface area (Å²) >= 11 is 0. The Bertz CT molecular complexity index is 1130. The standard InChI is InChI=1S/C24H29N3O3S/c1-4-31(29)19-12-13-20-21(14-19)27(18-6-5-7-18)23(22(20)25)16-8-10-17(11-9-16)26-24(28)30-15(2)3/h8-15,18H,4-7,25H2,1-3H3,(H,26,28). The van der Waals surface area contributed by atoms with Crippen LogP contribution in [0.2, 0.25) is 0 Å². The number of nitrogens with one attached hydrogen (secondary N) is 1. The highest BCUT2D eigenvalue weighted by Gasteiger charge is 2.27. The van der Waals surface area contributed by atoms with Gasteiger partial charge in [0.15, 0.2) is 0 Å². The van der Waals surface area contributed by atoms with Crippen molar-refractivity contribution in [1.82, 2.24) is 4.57 Å². The number of nitrogen functional groups attached to an aromatic ring is 1. The van der Waals surface area contributed by atoms with Crippen LogP contribution in [-0.4, -0.2) is 26.7 Å². The van der Waals surface area contributed by atoms with Gasteiger partial charge in [-0.2, -0.15) is 0 Å². The van der Waals surface area contributed by atoms with E-state index in [0.717, 1.165) is 45.6 Å². The first kappa shape index (κ1) is 21.4. The molecule has 0 saturated heterocycles. The van der Waals surface area contributed by atoms with Crippen molar-refractivity contribution in [2.45, 2.75) is 57.1 Å². The molecular formula is C24H29N3O3S. The molecule has 1 amide bonds. The van der Waals surface area contributed by atoms with Crippen molar-refractivity contribution in [3.8, 4) is 11.3 Å². The molecule has 7 heteroatoms. The smallest absolute Gasteiger partial charge is 0.411 e. The van der Waals surface area contributed by atoms with Gasteiger partial charge in [0.25, 0.3) is 0 Å². The topological polar surface area (TPSA) is 86.3 Å². The first-order chi connectivity index (χ1) is 14.9. The maximum atomic E-state index is 12.4. The molecule has 6 nitrogen and oxygen atoms in total. The van der Waals surface area contributed by atoms with Crippen LogP contribution >= 0.6 is 0 Å². The molecule has 3 N–H and O–H groups in total. The fourth-order valence-corrected chi connectivity index (χ4v) is 4.81. The van der Waals surface area contributed by atoms with Crippen molar-refractivity contribution in [1.29, 1.82) is 0 Å². The zero-order chi connectivity index (χ0) is 22.1. The van der Waals surface area contributed by atoms with Crippen LogP contribution in [0.4, 0.5) is 16.2 Å². The number of amides is 1. The van der Waals surface area contributed by atoms with Gasteiger partial charge >= 0.3 is 6.09 Å². The van der Waals surface area contributed by atoms with E-state index in [1.54, 1.807) is 0 Å². The Morgan fingerprint density at radius 2 is 1.94 bits per heavy atom. The lowest BCUT2D eigenvalue weighted by Crippen LogP contribution is -2.18. The summed E-state index contributed by atoms with van der Waals surface area (Å²) in [5, 5.41) is 3.73. The van der Waals surface area contributed by atoms with Crippen molar-refractivity contribution >= 4 is 39.2 Å². The molecule has 0 bridgehead atoms. The Hall–Kier alpha value is -2.80. The van der Waals surface area contributed by atoms with Gasteiger partial charge in [-0.3, -0.25) is 9.53 Å². The maximum absolute atomic E-state index is 12.4. The van der Waals surface area contributed by atoms with Gasteiger partial charge in [-0.1, -0.05) is 19.1 Å². The average Bonchev–Trinajstić information content (AvgIpc) is 2.98. The molecule has 1 atom stereocenters. The summed E-state index contributed by atoms with van der Waals surface area (Å²) in [6, 6.07) is 14.0. The zero-order valence-electron chi connectivity index (χ0n) is 18.2. The van der Waals surface area contributed by atoms with E-state index in [4.69, 9.17) is 10.5 Å². The highest BCUT2D eigenvalue weighted by atomic mass is 32.2. The summed E-state index contributed by atoms with van der Waals surface area (Å²) in [4.78, 5) is 12.7. The summed E-state index contributed by atoms with van der Waals surface area (Å²) < 4.78 is 19.9. The first-order valence-electron chi connectivity index (χ1n) is 10.8. The maximum Gasteiger partial charge on any atom is 0.411 e. The number of benzene rings is 2. The van der Waals surface area contributed by atoms with Crippen LogP contribution in [0.3, 0.4) is 0 Å². The molecule has 1 unspecified atom stereocenters. The summed E-state index contributed by atoms with van der Waals surface area (Å²) in [7, 11) is -1.01.